The molecule has 5 rings (SSSR count). The van der Waals surface area contributed by atoms with Crippen LogP contribution in [0.25, 0.3) is 22.0 Å². The van der Waals surface area contributed by atoms with Gasteiger partial charge in [-0.25, -0.2) is 9.97 Å². The molecule has 0 aliphatic carbocycles. The van der Waals surface area contributed by atoms with Crippen molar-refractivity contribution >= 4 is 22.4 Å². The van der Waals surface area contributed by atoms with Crippen molar-refractivity contribution in [3.05, 3.63) is 84.6 Å². The van der Waals surface area contributed by atoms with E-state index in [-0.39, 0.29) is 0 Å². The second-order valence-electron chi connectivity index (χ2n) is 7.24. The molecule has 0 radical (unpaired) electrons. The van der Waals surface area contributed by atoms with Gasteiger partial charge in [0.1, 0.15) is 0 Å². The van der Waals surface area contributed by atoms with Gasteiger partial charge in [-0.05, 0) is 53.4 Å². The van der Waals surface area contributed by atoms with Crippen LogP contribution >= 0.6 is 0 Å². The van der Waals surface area contributed by atoms with Gasteiger partial charge in [0.25, 0.3) is 0 Å². The Morgan fingerprint density at radius 2 is 1.75 bits per heavy atom. The van der Waals surface area contributed by atoms with Crippen molar-refractivity contribution in [2.45, 2.75) is 12.3 Å². The first-order valence-electron chi connectivity index (χ1n) is 9.72. The van der Waals surface area contributed by atoms with Crippen molar-refractivity contribution in [2.24, 2.45) is 5.73 Å². The highest BCUT2D eigenvalue weighted by atomic mass is 15.3. The molecule has 4 nitrogen and oxygen atoms in total. The third kappa shape index (κ3) is 2.92. The van der Waals surface area contributed by atoms with Gasteiger partial charge >= 0.3 is 0 Å². The molecule has 0 spiro atoms. The zero-order valence-corrected chi connectivity index (χ0v) is 15.6. The van der Waals surface area contributed by atoms with E-state index in [0.29, 0.717) is 12.5 Å². The predicted octanol–water partition coefficient (Wildman–Crippen LogP) is 4.88. The first-order valence-corrected chi connectivity index (χ1v) is 9.72. The van der Waals surface area contributed by atoms with E-state index in [1.807, 2.05) is 12.3 Å². The summed E-state index contributed by atoms with van der Waals surface area (Å²) in [6.07, 6.45) is 2.86. The minimum atomic E-state index is 0.399. The van der Waals surface area contributed by atoms with Crippen LogP contribution in [0.4, 0.5) is 11.6 Å². The van der Waals surface area contributed by atoms with Crippen molar-refractivity contribution in [1.29, 1.82) is 0 Å². The van der Waals surface area contributed by atoms with Crippen LogP contribution in [0.3, 0.4) is 0 Å². The number of hydrogen-bond acceptors (Lipinski definition) is 4. The molecule has 1 unspecified atom stereocenters. The molecular weight excluding hydrogens is 344 g/mol. The standard InChI is InChI=1S/C24H22N4/c25-16-20-12-14-28(23-8-4-3-7-21(20)23)24-26-13-11-22(27-24)19-10-9-17-5-1-2-6-18(17)15-19/h1-11,13,15,20H,12,14,16,25H2. The molecule has 1 aliphatic rings. The first-order chi connectivity index (χ1) is 13.8. The Kier molecular flexibility index (Phi) is 4.26. The van der Waals surface area contributed by atoms with Gasteiger partial charge in [-0.1, -0.05) is 54.6 Å². The summed E-state index contributed by atoms with van der Waals surface area (Å²) in [5.41, 5.74) is 10.5. The second-order valence-corrected chi connectivity index (χ2v) is 7.24. The number of aromatic nitrogens is 2. The van der Waals surface area contributed by atoms with E-state index in [9.17, 15) is 0 Å². The van der Waals surface area contributed by atoms with E-state index in [4.69, 9.17) is 10.7 Å². The van der Waals surface area contributed by atoms with Gasteiger partial charge in [-0.15, -0.1) is 0 Å². The number of anilines is 2. The van der Waals surface area contributed by atoms with Gasteiger partial charge in [-0.2, -0.15) is 0 Å². The molecule has 4 aromatic rings. The highest BCUT2D eigenvalue weighted by Crippen LogP contribution is 2.38. The Hall–Kier alpha value is -3.24. The summed E-state index contributed by atoms with van der Waals surface area (Å²) < 4.78 is 0. The summed E-state index contributed by atoms with van der Waals surface area (Å²) in [6.45, 7) is 1.54. The highest BCUT2D eigenvalue weighted by molar-refractivity contribution is 5.86. The number of benzene rings is 3. The van der Waals surface area contributed by atoms with Crippen LogP contribution in [0.5, 0.6) is 0 Å². The van der Waals surface area contributed by atoms with E-state index in [0.717, 1.165) is 30.2 Å². The molecular formula is C24H22N4. The average molecular weight is 366 g/mol. The third-order valence-corrected chi connectivity index (χ3v) is 5.58. The molecule has 0 fully saturated rings. The summed E-state index contributed by atoms with van der Waals surface area (Å²) in [4.78, 5) is 11.7. The molecule has 0 amide bonds. The van der Waals surface area contributed by atoms with Crippen LogP contribution in [0, 0.1) is 0 Å². The van der Waals surface area contributed by atoms with E-state index in [1.54, 1.807) is 0 Å². The summed E-state index contributed by atoms with van der Waals surface area (Å²) in [5, 5.41) is 2.45. The summed E-state index contributed by atoms with van der Waals surface area (Å²) in [5.74, 6) is 1.14. The van der Waals surface area contributed by atoms with Gasteiger partial charge in [0.2, 0.25) is 5.95 Å². The minimum Gasteiger partial charge on any atom is -0.330 e. The van der Waals surface area contributed by atoms with Gasteiger partial charge < -0.3 is 10.6 Å². The molecule has 2 N–H and O–H groups in total. The zero-order valence-electron chi connectivity index (χ0n) is 15.6. The largest absolute Gasteiger partial charge is 0.330 e. The van der Waals surface area contributed by atoms with Crippen molar-refractivity contribution < 1.29 is 0 Å². The second kappa shape index (κ2) is 7.06. The SMILES string of the molecule is NCC1CCN(c2nccc(-c3ccc4ccccc4c3)n2)c2ccccc21. The lowest BCUT2D eigenvalue weighted by molar-refractivity contribution is 0.606. The summed E-state index contributed by atoms with van der Waals surface area (Å²) >= 11 is 0. The third-order valence-electron chi connectivity index (χ3n) is 5.58. The van der Waals surface area contributed by atoms with Crippen LogP contribution in [0.2, 0.25) is 0 Å². The molecule has 3 aromatic carbocycles. The molecule has 1 aliphatic heterocycles. The number of nitrogens with two attached hydrogens (primary N) is 1. The molecule has 0 bridgehead atoms. The number of nitrogens with zero attached hydrogens (tertiary/aromatic N) is 3. The van der Waals surface area contributed by atoms with Crippen molar-refractivity contribution in [1.82, 2.24) is 9.97 Å². The van der Waals surface area contributed by atoms with Gasteiger partial charge in [0.05, 0.1) is 5.69 Å². The number of fused-ring (bicyclic) bond motifs is 2. The summed E-state index contributed by atoms with van der Waals surface area (Å²) in [6, 6.07) is 25.3. The molecule has 0 saturated carbocycles. The lowest BCUT2D eigenvalue weighted by Gasteiger charge is -2.34. The van der Waals surface area contributed by atoms with Crippen LogP contribution in [-0.4, -0.2) is 23.1 Å². The fourth-order valence-corrected chi connectivity index (χ4v) is 4.08. The average Bonchev–Trinajstić information content (AvgIpc) is 2.78. The smallest absolute Gasteiger partial charge is 0.230 e. The van der Waals surface area contributed by atoms with E-state index < -0.39 is 0 Å². The van der Waals surface area contributed by atoms with Crippen LogP contribution in [-0.2, 0) is 0 Å². The minimum absolute atomic E-state index is 0.399. The lowest BCUT2D eigenvalue weighted by Crippen LogP contribution is -2.31. The zero-order chi connectivity index (χ0) is 18.9. The Bertz CT molecular complexity index is 1140. The van der Waals surface area contributed by atoms with Gasteiger partial charge in [0, 0.05) is 24.0 Å². The molecule has 0 saturated heterocycles. The Morgan fingerprint density at radius 3 is 2.64 bits per heavy atom. The highest BCUT2D eigenvalue weighted by Gasteiger charge is 2.26. The first kappa shape index (κ1) is 16.9. The monoisotopic (exact) mass is 366 g/mol. The maximum Gasteiger partial charge on any atom is 0.230 e. The molecule has 4 heteroatoms. The Balaban J connectivity index is 1.55. The Labute approximate surface area is 164 Å². The topological polar surface area (TPSA) is 55.0 Å². The van der Waals surface area contributed by atoms with Crippen LogP contribution in [0.1, 0.15) is 17.9 Å². The van der Waals surface area contributed by atoms with Crippen molar-refractivity contribution in [3.63, 3.8) is 0 Å². The maximum absolute atomic E-state index is 6.00. The number of para-hydroxylation sites is 1. The number of rotatable bonds is 3. The fraction of sp³-hybridized carbons (Fsp3) is 0.167. The molecule has 1 atom stereocenters. The normalized spacial score (nSPS) is 16.2. The van der Waals surface area contributed by atoms with Crippen LogP contribution < -0.4 is 10.6 Å². The number of hydrogen-bond donors (Lipinski definition) is 1. The van der Waals surface area contributed by atoms with Gasteiger partial charge in [0.15, 0.2) is 0 Å². The fourth-order valence-electron chi connectivity index (χ4n) is 4.08. The van der Waals surface area contributed by atoms with Gasteiger partial charge in [-0.3, -0.25) is 0 Å². The molecule has 138 valence electrons. The summed E-state index contributed by atoms with van der Waals surface area (Å²) in [7, 11) is 0. The molecule has 28 heavy (non-hydrogen) atoms. The van der Waals surface area contributed by atoms with Crippen molar-refractivity contribution in [3.8, 4) is 11.3 Å². The van der Waals surface area contributed by atoms with E-state index in [1.165, 1.54) is 22.0 Å². The lowest BCUT2D eigenvalue weighted by atomic mass is 9.90. The Morgan fingerprint density at radius 1 is 0.929 bits per heavy atom. The van der Waals surface area contributed by atoms with E-state index >= 15 is 0 Å². The van der Waals surface area contributed by atoms with Crippen molar-refractivity contribution in [2.75, 3.05) is 18.0 Å². The van der Waals surface area contributed by atoms with E-state index in [2.05, 4.69) is 76.6 Å². The van der Waals surface area contributed by atoms with Crippen LogP contribution in [0.15, 0.2) is 79.0 Å². The maximum atomic E-state index is 6.00. The molecule has 2 heterocycles. The quantitative estimate of drug-likeness (QED) is 0.561. The predicted molar refractivity (Wildman–Crippen MR) is 115 cm³/mol. The molecule has 1 aromatic heterocycles.